The SMILES string of the molecule is COC(=O)/C(=C(/C(=O)OC)[n+]1ccc(/C=C/c2ccc(Cl)c(Cl)c2)c2ccccc21)[c-]1c2cc(Br)ccc2c2ccc(Br)cc21. The molecule has 0 aliphatic heterocycles. The van der Waals surface area contributed by atoms with Gasteiger partial charge in [-0.15, -0.1) is 0 Å². The molecule has 224 valence electrons. The van der Waals surface area contributed by atoms with Gasteiger partial charge in [0, 0.05) is 12.1 Å². The molecule has 0 spiro atoms. The van der Waals surface area contributed by atoms with Gasteiger partial charge in [0.25, 0.3) is 11.7 Å². The molecule has 0 unspecified atom stereocenters. The molecule has 0 saturated heterocycles. The number of methoxy groups -OCH3 is 2. The van der Waals surface area contributed by atoms with Crippen LogP contribution in [-0.4, -0.2) is 26.2 Å². The molecule has 0 aliphatic rings. The predicted molar refractivity (Wildman–Crippen MR) is 189 cm³/mol. The van der Waals surface area contributed by atoms with Gasteiger partial charge in [-0.25, -0.2) is 4.79 Å². The maximum atomic E-state index is 13.9. The lowest BCUT2D eigenvalue weighted by molar-refractivity contribution is -0.548. The molecule has 5 aromatic carbocycles. The maximum absolute atomic E-state index is 13.9. The fourth-order valence-electron chi connectivity index (χ4n) is 5.56. The quantitative estimate of drug-likeness (QED) is 0.0734. The molecule has 0 fully saturated rings. The van der Waals surface area contributed by atoms with Crippen LogP contribution in [0.2, 0.25) is 10.0 Å². The number of ether oxygens (including phenoxy) is 2. The second-order valence-electron chi connectivity index (χ2n) is 10.1. The van der Waals surface area contributed by atoms with E-state index in [1.54, 1.807) is 22.9 Å². The Hall–Kier alpha value is -3.88. The van der Waals surface area contributed by atoms with Crippen molar-refractivity contribution in [2.75, 3.05) is 14.2 Å². The Bertz CT molecular complexity index is 2180. The van der Waals surface area contributed by atoms with Gasteiger partial charge in [-0.2, -0.15) is 4.57 Å². The first-order chi connectivity index (χ1) is 21.7. The maximum Gasteiger partial charge on any atom is 0.379 e. The van der Waals surface area contributed by atoms with Crippen molar-refractivity contribution in [2.24, 2.45) is 0 Å². The number of hydrogen-bond donors (Lipinski definition) is 0. The molecule has 0 radical (unpaired) electrons. The number of rotatable bonds is 6. The molecule has 0 aliphatic carbocycles. The van der Waals surface area contributed by atoms with Crippen molar-refractivity contribution in [1.29, 1.82) is 0 Å². The molecule has 0 N–H and O–H groups in total. The summed E-state index contributed by atoms with van der Waals surface area (Å²) in [7, 11) is 2.60. The highest BCUT2D eigenvalue weighted by atomic mass is 79.9. The number of halogens is 4. The fourth-order valence-corrected chi connectivity index (χ4v) is 6.59. The van der Waals surface area contributed by atoms with Gasteiger partial charge in [0.2, 0.25) is 5.52 Å². The summed E-state index contributed by atoms with van der Waals surface area (Å²) in [6.45, 7) is 0. The van der Waals surface area contributed by atoms with Crippen LogP contribution in [0.4, 0.5) is 0 Å². The van der Waals surface area contributed by atoms with Crippen LogP contribution < -0.4 is 4.57 Å². The number of carbonyl (C=O) groups is 2. The van der Waals surface area contributed by atoms with Crippen molar-refractivity contribution in [2.45, 2.75) is 0 Å². The first-order valence-corrected chi connectivity index (χ1v) is 16.0. The molecule has 0 amide bonds. The molecule has 1 heterocycles. The van der Waals surface area contributed by atoms with E-state index in [4.69, 9.17) is 32.7 Å². The Labute approximate surface area is 285 Å². The molecular weight excluding hydrogens is 741 g/mol. The third-order valence-corrected chi connectivity index (χ3v) is 9.29. The lowest BCUT2D eigenvalue weighted by Crippen LogP contribution is -2.39. The first kappa shape index (κ1) is 31.1. The van der Waals surface area contributed by atoms with Gasteiger partial charge in [0.05, 0.1) is 35.2 Å². The number of benzene rings is 4. The van der Waals surface area contributed by atoms with E-state index in [0.717, 1.165) is 47.0 Å². The molecular formula is C36H23Br2Cl2NO4. The van der Waals surface area contributed by atoms with Crippen molar-refractivity contribution in [3.63, 3.8) is 0 Å². The second-order valence-corrected chi connectivity index (χ2v) is 12.8. The minimum atomic E-state index is -0.697. The van der Waals surface area contributed by atoms with Gasteiger partial charge in [-0.05, 0) is 38.3 Å². The average molecular weight is 764 g/mol. The Kier molecular flexibility index (Phi) is 8.89. The molecule has 9 heteroatoms. The zero-order chi connectivity index (χ0) is 31.8. The highest BCUT2D eigenvalue weighted by molar-refractivity contribution is 9.10. The molecule has 0 atom stereocenters. The topological polar surface area (TPSA) is 56.5 Å². The molecule has 1 aromatic heterocycles. The highest BCUT2D eigenvalue weighted by Crippen LogP contribution is 2.42. The normalized spacial score (nSPS) is 12.2. The standard InChI is InChI=1S/C36H23Br2Cl2NO4/c1-44-35(42)33(32-27-18-22(37)10-12-25(27)26-13-11-23(38)19-28(26)32)34(36(43)45-2)41-16-15-21(24-5-3-4-6-31(24)41)9-7-20-8-14-29(39)30(40)17-20/h3-19H,1-2H3/b9-7+,34-33-. The van der Waals surface area contributed by atoms with E-state index in [0.29, 0.717) is 21.1 Å². The number of aromatic nitrogens is 1. The van der Waals surface area contributed by atoms with Gasteiger partial charge in [-0.1, -0.05) is 149 Å². The monoisotopic (exact) mass is 761 g/mol. The van der Waals surface area contributed by atoms with E-state index < -0.39 is 11.9 Å². The number of carbonyl (C=O) groups excluding carboxylic acids is 2. The molecule has 5 nitrogen and oxygen atoms in total. The largest absolute Gasteiger partial charge is 0.490 e. The van der Waals surface area contributed by atoms with Gasteiger partial charge in [0.1, 0.15) is 0 Å². The van der Waals surface area contributed by atoms with Crippen molar-refractivity contribution in [3.8, 4) is 0 Å². The minimum absolute atomic E-state index is 0.0225. The molecule has 0 saturated carbocycles. The van der Waals surface area contributed by atoms with E-state index in [-0.39, 0.29) is 11.3 Å². The Morgan fingerprint density at radius 1 is 0.733 bits per heavy atom. The van der Waals surface area contributed by atoms with Gasteiger partial charge in [-0.3, -0.25) is 4.79 Å². The zero-order valence-corrected chi connectivity index (χ0v) is 28.6. The number of pyridine rings is 1. The van der Waals surface area contributed by atoms with Crippen LogP contribution >= 0.6 is 55.1 Å². The van der Waals surface area contributed by atoms with Crippen LogP contribution in [0.3, 0.4) is 0 Å². The Balaban J connectivity index is 1.68. The van der Waals surface area contributed by atoms with Crippen molar-refractivity contribution < 1.29 is 23.6 Å². The summed E-state index contributed by atoms with van der Waals surface area (Å²) in [6, 6.07) is 26.7. The van der Waals surface area contributed by atoms with Crippen LogP contribution in [0.15, 0.2) is 100 Å². The first-order valence-electron chi connectivity index (χ1n) is 13.7. The zero-order valence-electron chi connectivity index (χ0n) is 23.9. The lowest BCUT2D eigenvalue weighted by atomic mass is 9.99. The van der Waals surface area contributed by atoms with Crippen LogP contribution in [-0.2, 0) is 19.1 Å². The average Bonchev–Trinajstić information content (AvgIpc) is 3.35. The van der Waals surface area contributed by atoms with E-state index in [1.165, 1.54) is 14.2 Å². The summed E-state index contributed by atoms with van der Waals surface area (Å²) in [4.78, 5) is 27.7. The summed E-state index contributed by atoms with van der Waals surface area (Å²) in [6.07, 6.45) is 5.65. The van der Waals surface area contributed by atoms with Gasteiger partial charge in [0.15, 0.2) is 6.20 Å². The third kappa shape index (κ3) is 5.82. The molecule has 6 aromatic rings. The minimum Gasteiger partial charge on any atom is -0.490 e. The van der Waals surface area contributed by atoms with Crippen LogP contribution in [0.25, 0.3) is 55.9 Å². The summed E-state index contributed by atoms with van der Waals surface area (Å²) >= 11 is 19.5. The second kappa shape index (κ2) is 12.9. The molecule has 6 rings (SSSR count). The smallest absolute Gasteiger partial charge is 0.379 e. The summed E-state index contributed by atoms with van der Waals surface area (Å²) in [5.74, 6) is -1.37. The van der Waals surface area contributed by atoms with E-state index in [9.17, 15) is 9.59 Å². The third-order valence-electron chi connectivity index (χ3n) is 7.56. The number of nitrogens with zero attached hydrogens (tertiary/aromatic N) is 1. The Morgan fingerprint density at radius 3 is 2.00 bits per heavy atom. The van der Waals surface area contributed by atoms with Crippen LogP contribution in [0, 0.1) is 0 Å². The summed E-state index contributed by atoms with van der Waals surface area (Å²) in [5, 5.41) is 5.20. The van der Waals surface area contributed by atoms with Crippen molar-refractivity contribution in [1.82, 2.24) is 0 Å². The summed E-state index contributed by atoms with van der Waals surface area (Å²) < 4.78 is 14.0. The van der Waals surface area contributed by atoms with E-state index in [1.807, 2.05) is 84.9 Å². The van der Waals surface area contributed by atoms with Crippen molar-refractivity contribution in [3.05, 3.63) is 127 Å². The van der Waals surface area contributed by atoms with E-state index in [2.05, 4.69) is 31.9 Å². The number of fused-ring (bicyclic) bond motifs is 4. The summed E-state index contributed by atoms with van der Waals surface area (Å²) in [5.41, 5.74) is 3.10. The molecule has 45 heavy (non-hydrogen) atoms. The Morgan fingerprint density at radius 2 is 1.38 bits per heavy atom. The van der Waals surface area contributed by atoms with Gasteiger partial charge < -0.3 is 9.47 Å². The number of esters is 2. The van der Waals surface area contributed by atoms with Crippen molar-refractivity contribution >= 4 is 123 Å². The number of para-hydroxylation sites is 1. The lowest BCUT2D eigenvalue weighted by Gasteiger charge is -2.16. The van der Waals surface area contributed by atoms with Crippen LogP contribution in [0.5, 0.6) is 0 Å². The van der Waals surface area contributed by atoms with E-state index >= 15 is 0 Å². The van der Waals surface area contributed by atoms with Gasteiger partial charge >= 0.3 is 5.97 Å². The molecule has 0 bridgehead atoms. The fraction of sp³-hybridized carbons (Fsp3) is 0.0556. The number of hydrogen-bond acceptors (Lipinski definition) is 4. The highest BCUT2D eigenvalue weighted by Gasteiger charge is 2.32. The predicted octanol–water partition coefficient (Wildman–Crippen LogP) is 9.87. The van der Waals surface area contributed by atoms with Crippen LogP contribution in [0.1, 0.15) is 16.7 Å².